The van der Waals surface area contributed by atoms with Crippen molar-refractivity contribution < 1.29 is 0 Å². The standard InChI is InChI=1S/C19H28S2/c1-3-21-17-9-10-19(16-7-5-4-6-8-16)12-15(17)11-18(2,13-19)14-20/h4-7,14-17H,3,8-13H2,1-2H3. The van der Waals surface area contributed by atoms with E-state index in [0.29, 0.717) is 5.41 Å². The predicted octanol–water partition coefficient (Wildman–Crippen LogP) is 5.83. The lowest BCUT2D eigenvalue weighted by molar-refractivity contribution is -0.00356. The van der Waals surface area contributed by atoms with Crippen LogP contribution >= 0.6 is 24.0 Å². The molecule has 0 aliphatic heterocycles. The van der Waals surface area contributed by atoms with E-state index in [1.54, 1.807) is 0 Å². The van der Waals surface area contributed by atoms with Crippen LogP contribution in [0.25, 0.3) is 0 Å². The average molecular weight is 321 g/mol. The Balaban J connectivity index is 1.87. The average Bonchev–Trinajstić information content (AvgIpc) is 2.51. The summed E-state index contributed by atoms with van der Waals surface area (Å²) in [6.45, 7) is 4.73. The molecule has 21 heavy (non-hydrogen) atoms. The number of hydrogen-bond donors (Lipinski definition) is 0. The molecule has 3 aliphatic rings. The highest BCUT2D eigenvalue weighted by Crippen LogP contribution is 2.61. The summed E-state index contributed by atoms with van der Waals surface area (Å²) in [5.74, 6) is 2.88. The zero-order valence-corrected chi connectivity index (χ0v) is 15.0. The quantitative estimate of drug-likeness (QED) is 0.598. The predicted molar refractivity (Wildman–Crippen MR) is 99.1 cm³/mol. The van der Waals surface area contributed by atoms with Crippen LogP contribution in [-0.4, -0.2) is 16.4 Å². The third-order valence-electron chi connectivity index (χ3n) is 6.04. The van der Waals surface area contributed by atoms with E-state index in [4.69, 9.17) is 12.2 Å². The first-order valence-corrected chi connectivity index (χ1v) is 10.0. The Labute approximate surface area is 139 Å². The Morgan fingerprint density at radius 3 is 2.86 bits per heavy atom. The van der Waals surface area contributed by atoms with E-state index in [9.17, 15) is 0 Å². The van der Waals surface area contributed by atoms with Gasteiger partial charge in [0.1, 0.15) is 0 Å². The second kappa shape index (κ2) is 6.20. The minimum atomic E-state index is 0.278. The van der Waals surface area contributed by atoms with E-state index in [0.717, 1.165) is 17.1 Å². The minimum Gasteiger partial charge on any atom is -0.159 e. The molecule has 2 bridgehead atoms. The first-order valence-electron chi connectivity index (χ1n) is 8.52. The van der Waals surface area contributed by atoms with Crippen LogP contribution in [0.3, 0.4) is 0 Å². The molecule has 0 heterocycles. The summed E-state index contributed by atoms with van der Waals surface area (Å²) in [5.41, 5.74) is 0.791. The molecule has 5 unspecified atom stereocenters. The maximum absolute atomic E-state index is 5.45. The summed E-state index contributed by atoms with van der Waals surface area (Å²) in [7, 11) is 0. The smallest absolute Gasteiger partial charge is 0.00759 e. The molecule has 2 fully saturated rings. The molecular formula is C19H28S2. The van der Waals surface area contributed by atoms with Crippen molar-refractivity contribution in [2.75, 3.05) is 5.75 Å². The van der Waals surface area contributed by atoms with Gasteiger partial charge < -0.3 is 0 Å². The molecule has 2 saturated carbocycles. The highest BCUT2D eigenvalue weighted by atomic mass is 32.2. The van der Waals surface area contributed by atoms with Crippen molar-refractivity contribution >= 4 is 29.3 Å². The van der Waals surface area contributed by atoms with Crippen molar-refractivity contribution in [3.05, 3.63) is 24.3 Å². The van der Waals surface area contributed by atoms with Gasteiger partial charge in [0.2, 0.25) is 0 Å². The van der Waals surface area contributed by atoms with Gasteiger partial charge in [0.15, 0.2) is 0 Å². The zero-order chi connectivity index (χ0) is 14.9. The van der Waals surface area contributed by atoms with Crippen LogP contribution in [0.4, 0.5) is 0 Å². The topological polar surface area (TPSA) is 0 Å². The molecule has 0 saturated heterocycles. The normalized spacial score (nSPS) is 45.5. The number of rotatable bonds is 4. The third kappa shape index (κ3) is 3.03. The van der Waals surface area contributed by atoms with Gasteiger partial charge in [0, 0.05) is 5.25 Å². The molecule has 0 spiro atoms. The van der Waals surface area contributed by atoms with Crippen LogP contribution < -0.4 is 0 Å². The fourth-order valence-corrected chi connectivity index (χ4v) is 6.64. The fraction of sp³-hybridized carbons (Fsp3) is 0.737. The second-order valence-corrected chi connectivity index (χ2v) is 9.42. The number of fused-ring (bicyclic) bond motifs is 2. The molecule has 0 amide bonds. The van der Waals surface area contributed by atoms with Gasteiger partial charge >= 0.3 is 0 Å². The van der Waals surface area contributed by atoms with Crippen molar-refractivity contribution in [2.24, 2.45) is 22.7 Å². The van der Waals surface area contributed by atoms with E-state index >= 15 is 0 Å². The molecular weight excluding hydrogens is 292 g/mol. The van der Waals surface area contributed by atoms with Gasteiger partial charge in [0.05, 0.1) is 0 Å². The van der Waals surface area contributed by atoms with Crippen LogP contribution in [0.1, 0.15) is 52.4 Å². The molecule has 0 aromatic rings. The van der Waals surface area contributed by atoms with Crippen molar-refractivity contribution in [2.45, 2.75) is 57.6 Å². The summed E-state index contributed by atoms with van der Waals surface area (Å²) >= 11 is 7.65. The monoisotopic (exact) mass is 320 g/mol. The van der Waals surface area contributed by atoms with Gasteiger partial charge in [-0.2, -0.15) is 11.8 Å². The molecule has 116 valence electrons. The summed E-state index contributed by atoms with van der Waals surface area (Å²) in [5, 5.41) is 2.98. The van der Waals surface area contributed by atoms with Crippen LogP contribution in [0.5, 0.6) is 0 Å². The minimum absolute atomic E-state index is 0.278. The maximum atomic E-state index is 5.45. The summed E-state index contributed by atoms with van der Waals surface area (Å²) in [6.07, 6.45) is 17.5. The molecule has 3 aliphatic carbocycles. The summed E-state index contributed by atoms with van der Waals surface area (Å²) in [4.78, 5) is 0. The van der Waals surface area contributed by atoms with Gasteiger partial charge in [-0.05, 0) is 72.3 Å². The highest BCUT2D eigenvalue weighted by Gasteiger charge is 2.52. The van der Waals surface area contributed by atoms with E-state index < -0.39 is 0 Å². The number of hydrogen-bond acceptors (Lipinski definition) is 2. The molecule has 0 aromatic carbocycles. The van der Waals surface area contributed by atoms with E-state index in [2.05, 4.69) is 55.3 Å². The maximum Gasteiger partial charge on any atom is 0.00759 e. The third-order valence-corrected chi connectivity index (χ3v) is 7.99. The van der Waals surface area contributed by atoms with Crippen molar-refractivity contribution in [1.29, 1.82) is 0 Å². The fourth-order valence-electron chi connectivity index (χ4n) is 5.29. The lowest BCUT2D eigenvalue weighted by Gasteiger charge is -2.57. The lowest BCUT2D eigenvalue weighted by Crippen LogP contribution is -2.49. The summed E-state index contributed by atoms with van der Waals surface area (Å²) < 4.78 is 0. The molecule has 0 radical (unpaired) electrons. The Kier molecular flexibility index (Phi) is 4.66. The Bertz CT molecular complexity index is 452. The summed E-state index contributed by atoms with van der Waals surface area (Å²) in [6, 6.07) is 0. The van der Waals surface area contributed by atoms with Crippen molar-refractivity contribution in [3.63, 3.8) is 0 Å². The van der Waals surface area contributed by atoms with Gasteiger partial charge in [-0.1, -0.05) is 50.4 Å². The van der Waals surface area contributed by atoms with Crippen molar-refractivity contribution in [1.82, 2.24) is 0 Å². The first kappa shape index (κ1) is 15.8. The van der Waals surface area contributed by atoms with Gasteiger partial charge in [-0.15, -0.1) is 0 Å². The van der Waals surface area contributed by atoms with Crippen LogP contribution in [0.2, 0.25) is 0 Å². The van der Waals surface area contributed by atoms with E-state index in [1.807, 2.05) is 0 Å². The molecule has 0 nitrogen and oxygen atoms in total. The molecule has 2 heteroatoms. The lowest BCUT2D eigenvalue weighted by atomic mass is 9.50. The molecule has 0 aromatic heterocycles. The number of thioether (sulfide) groups is 1. The SMILES string of the molecule is CCSC1CCC2(C3C=CC=CC3)CC1CC(C)(C=S)C2. The number of allylic oxidation sites excluding steroid dienone is 4. The van der Waals surface area contributed by atoms with Crippen LogP contribution in [-0.2, 0) is 0 Å². The van der Waals surface area contributed by atoms with Gasteiger partial charge in [-0.25, -0.2) is 0 Å². The highest BCUT2D eigenvalue weighted by molar-refractivity contribution is 7.99. The Morgan fingerprint density at radius 1 is 1.33 bits per heavy atom. The van der Waals surface area contributed by atoms with E-state index in [-0.39, 0.29) is 5.41 Å². The Hall–Kier alpha value is -0.0800. The van der Waals surface area contributed by atoms with Gasteiger partial charge in [-0.3, -0.25) is 0 Å². The Morgan fingerprint density at radius 2 is 2.19 bits per heavy atom. The molecule has 3 rings (SSSR count). The van der Waals surface area contributed by atoms with Crippen LogP contribution in [0.15, 0.2) is 24.3 Å². The molecule has 5 atom stereocenters. The molecule has 0 N–H and O–H groups in total. The first-order chi connectivity index (χ1) is 10.1. The van der Waals surface area contributed by atoms with Gasteiger partial charge in [0.25, 0.3) is 0 Å². The second-order valence-electron chi connectivity index (χ2n) is 7.67. The van der Waals surface area contributed by atoms with Crippen LogP contribution in [0, 0.1) is 22.7 Å². The van der Waals surface area contributed by atoms with E-state index in [1.165, 1.54) is 44.3 Å². The largest absolute Gasteiger partial charge is 0.159 e. The number of thiocarbonyl (C=S) groups is 1. The van der Waals surface area contributed by atoms with Crippen molar-refractivity contribution in [3.8, 4) is 0 Å². The zero-order valence-electron chi connectivity index (χ0n) is 13.4.